The van der Waals surface area contributed by atoms with Crippen molar-refractivity contribution in [2.45, 2.75) is 19.8 Å². The van der Waals surface area contributed by atoms with Gasteiger partial charge in [0.05, 0.1) is 0 Å². The van der Waals surface area contributed by atoms with Crippen molar-refractivity contribution in [2.24, 2.45) is 10.9 Å². The van der Waals surface area contributed by atoms with Crippen molar-refractivity contribution in [1.29, 1.82) is 0 Å². The van der Waals surface area contributed by atoms with Gasteiger partial charge in [-0.2, -0.15) is 0 Å². The van der Waals surface area contributed by atoms with E-state index in [1.165, 1.54) is 17.7 Å². The summed E-state index contributed by atoms with van der Waals surface area (Å²) in [5, 5.41) is 11.4. The van der Waals surface area contributed by atoms with Crippen LogP contribution in [-0.4, -0.2) is 11.0 Å². The van der Waals surface area contributed by atoms with Crippen LogP contribution in [0.4, 0.5) is 4.39 Å². The third-order valence-corrected chi connectivity index (χ3v) is 3.03. The molecule has 0 spiro atoms. The summed E-state index contributed by atoms with van der Waals surface area (Å²) >= 11 is 0. The fourth-order valence-electron chi connectivity index (χ4n) is 1.94. The fraction of sp³-hybridized carbons (Fsp3) is 0.188. The van der Waals surface area contributed by atoms with Crippen LogP contribution in [0, 0.1) is 5.82 Å². The van der Waals surface area contributed by atoms with E-state index in [1.807, 2.05) is 24.3 Å². The molecule has 0 atom stereocenters. The fourth-order valence-corrected chi connectivity index (χ4v) is 1.94. The SMILES string of the molecule is CCCc1ccc(Oc2ccc(C(N)=NO)cc2F)cc1. The summed E-state index contributed by atoms with van der Waals surface area (Å²) in [5.74, 6) is -0.0702. The van der Waals surface area contributed by atoms with Gasteiger partial charge in [0, 0.05) is 5.56 Å². The molecule has 0 amide bonds. The van der Waals surface area contributed by atoms with Crippen molar-refractivity contribution < 1.29 is 14.3 Å². The summed E-state index contributed by atoms with van der Waals surface area (Å²) in [5.41, 5.74) is 6.91. The monoisotopic (exact) mass is 288 g/mol. The molecule has 4 nitrogen and oxygen atoms in total. The lowest BCUT2D eigenvalue weighted by molar-refractivity contribution is 0.318. The Labute approximate surface area is 122 Å². The highest BCUT2D eigenvalue weighted by Gasteiger charge is 2.08. The van der Waals surface area contributed by atoms with E-state index < -0.39 is 5.82 Å². The quantitative estimate of drug-likeness (QED) is 0.382. The van der Waals surface area contributed by atoms with E-state index in [1.54, 1.807) is 0 Å². The zero-order valence-electron chi connectivity index (χ0n) is 11.7. The van der Waals surface area contributed by atoms with Gasteiger partial charge >= 0.3 is 0 Å². The van der Waals surface area contributed by atoms with Crippen molar-refractivity contribution >= 4 is 5.84 Å². The molecule has 0 saturated heterocycles. The Kier molecular flexibility index (Phi) is 4.77. The van der Waals surface area contributed by atoms with Gasteiger partial charge in [-0.05, 0) is 42.3 Å². The first-order chi connectivity index (χ1) is 10.1. The zero-order valence-corrected chi connectivity index (χ0v) is 11.7. The second kappa shape index (κ2) is 6.74. The summed E-state index contributed by atoms with van der Waals surface area (Å²) in [7, 11) is 0. The predicted octanol–water partition coefficient (Wildman–Crippen LogP) is 3.67. The largest absolute Gasteiger partial charge is 0.454 e. The van der Waals surface area contributed by atoms with Crippen LogP contribution in [0.1, 0.15) is 24.5 Å². The maximum absolute atomic E-state index is 13.9. The summed E-state index contributed by atoms with van der Waals surface area (Å²) in [6.07, 6.45) is 2.08. The smallest absolute Gasteiger partial charge is 0.170 e. The molecule has 5 heteroatoms. The van der Waals surface area contributed by atoms with Gasteiger partial charge in [-0.1, -0.05) is 30.6 Å². The summed E-state index contributed by atoms with van der Waals surface area (Å²) < 4.78 is 19.4. The molecule has 0 bridgehead atoms. The maximum atomic E-state index is 13.9. The molecule has 0 aliphatic carbocycles. The van der Waals surface area contributed by atoms with Gasteiger partial charge in [-0.25, -0.2) is 4.39 Å². The minimum absolute atomic E-state index is 0.0905. The average molecular weight is 288 g/mol. The van der Waals surface area contributed by atoms with Crippen LogP contribution in [0.25, 0.3) is 0 Å². The lowest BCUT2D eigenvalue weighted by Crippen LogP contribution is -2.13. The minimum Gasteiger partial charge on any atom is -0.454 e. The van der Waals surface area contributed by atoms with Crippen molar-refractivity contribution in [3.63, 3.8) is 0 Å². The van der Waals surface area contributed by atoms with Gasteiger partial charge in [-0.15, -0.1) is 0 Å². The Morgan fingerprint density at radius 2 is 1.95 bits per heavy atom. The Hall–Kier alpha value is -2.56. The van der Waals surface area contributed by atoms with Crippen LogP contribution in [-0.2, 0) is 6.42 Å². The lowest BCUT2D eigenvalue weighted by atomic mass is 10.1. The minimum atomic E-state index is -0.572. The number of benzene rings is 2. The highest BCUT2D eigenvalue weighted by atomic mass is 19.1. The molecule has 0 aliphatic rings. The molecule has 21 heavy (non-hydrogen) atoms. The number of ether oxygens (including phenoxy) is 1. The first kappa shape index (κ1) is 14.8. The van der Waals surface area contributed by atoms with Gasteiger partial charge in [0.15, 0.2) is 17.4 Å². The average Bonchev–Trinajstić information content (AvgIpc) is 2.50. The van der Waals surface area contributed by atoms with Crippen LogP contribution in [0.5, 0.6) is 11.5 Å². The summed E-state index contributed by atoms with van der Waals surface area (Å²) in [6, 6.07) is 11.7. The third kappa shape index (κ3) is 3.72. The molecule has 2 rings (SSSR count). The molecule has 2 aromatic rings. The molecule has 0 heterocycles. The van der Waals surface area contributed by atoms with E-state index in [2.05, 4.69) is 12.1 Å². The topological polar surface area (TPSA) is 67.8 Å². The van der Waals surface area contributed by atoms with E-state index in [9.17, 15) is 4.39 Å². The van der Waals surface area contributed by atoms with Gasteiger partial charge in [0.25, 0.3) is 0 Å². The number of halogens is 1. The van der Waals surface area contributed by atoms with Gasteiger partial charge in [0.2, 0.25) is 0 Å². The van der Waals surface area contributed by atoms with Crippen molar-refractivity contribution in [3.8, 4) is 11.5 Å². The van der Waals surface area contributed by atoms with Crippen molar-refractivity contribution in [3.05, 3.63) is 59.4 Å². The number of nitrogens with zero attached hydrogens (tertiary/aromatic N) is 1. The van der Waals surface area contributed by atoms with E-state index in [0.29, 0.717) is 11.3 Å². The Bertz CT molecular complexity index is 639. The molecule has 0 saturated carbocycles. The van der Waals surface area contributed by atoms with Crippen LogP contribution in [0.2, 0.25) is 0 Å². The second-order valence-corrected chi connectivity index (χ2v) is 4.63. The normalized spacial score (nSPS) is 11.4. The van der Waals surface area contributed by atoms with Crippen molar-refractivity contribution in [2.75, 3.05) is 0 Å². The number of nitrogens with two attached hydrogens (primary N) is 1. The lowest BCUT2D eigenvalue weighted by Gasteiger charge is -2.08. The van der Waals surface area contributed by atoms with Crippen LogP contribution < -0.4 is 10.5 Å². The van der Waals surface area contributed by atoms with E-state index in [-0.39, 0.29) is 11.6 Å². The molecule has 0 radical (unpaired) electrons. The molecule has 0 aliphatic heterocycles. The first-order valence-electron chi connectivity index (χ1n) is 6.68. The molecule has 0 fully saturated rings. The molecule has 0 unspecified atom stereocenters. The second-order valence-electron chi connectivity index (χ2n) is 4.63. The van der Waals surface area contributed by atoms with E-state index >= 15 is 0 Å². The molecular formula is C16H17FN2O2. The maximum Gasteiger partial charge on any atom is 0.170 e. The molecule has 2 aromatic carbocycles. The highest BCUT2D eigenvalue weighted by molar-refractivity contribution is 5.97. The third-order valence-electron chi connectivity index (χ3n) is 3.03. The number of aryl methyl sites for hydroxylation is 1. The standard InChI is InChI=1S/C16H17FN2O2/c1-2-3-11-4-7-13(8-5-11)21-15-9-6-12(10-14(15)17)16(18)19-20/h4-10,20H,2-3H2,1H3,(H2,18,19). The van der Waals surface area contributed by atoms with Crippen molar-refractivity contribution in [1.82, 2.24) is 0 Å². The molecule has 0 aromatic heterocycles. The molecule has 3 N–H and O–H groups in total. The summed E-state index contributed by atoms with van der Waals surface area (Å²) in [6.45, 7) is 2.11. The number of oxime groups is 1. The Balaban J connectivity index is 2.16. The predicted molar refractivity (Wildman–Crippen MR) is 79.4 cm³/mol. The molecule has 110 valence electrons. The summed E-state index contributed by atoms with van der Waals surface area (Å²) in [4.78, 5) is 0. The first-order valence-corrected chi connectivity index (χ1v) is 6.68. The van der Waals surface area contributed by atoms with Crippen LogP contribution in [0.3, 0.4) is 0 Å². The van der Waals surface area contributed by atoms with E-state index in [4.69, 9.17) is 15.7 Å². The Morgan fingerprint density at radius 1 is 1.24 bits per heavy atom. The van der Waals surface area contributed by atoms with Crippen LogP contribution >= 0.6 is 0 Å². The number of hydrogen-bond donors (Lipinski definition) is 2. The Morgan fingerprint density at radius 3 is 2.52 bits per heavy atom. The van der Waals surface area contributed by atoms with Gasteiger partial charge < -0.3 is 15.7 Å². The number of hydrogen-bond acceptors (Lipinski definition) is 3. The van der Waals surface area contributed by atoms with Crippen LogP contribution in [0.15, 0.2) is 47.6 Å². The number of amidine groups is 1. The van der Waals surface area contributed by atoms with Gasteiger partial charge in [-0.3, -0.25) is 0 Å². The van der Waals surface area contributed by atoms with E-state index in [0.717, 1.165) is 18.9 Å². The number of rotatable bonds is 5. The van der Waals surface area contributed by atoms with Gasteiger partial charge in [0.1, 0.15) is 5.75 Å². The highest BCUT2D eigenvalue weighted by Crippen LogP contribution is 2.25. The molecular weight excluding hydrogens is 271 g/mol. The zero-order chi connectivity index (χ0) is 15.2.